The van der Waals surface area contributed by atoms with E-state index in [2.05, 4.69) is 5.32 Å². The third-order valence-corrected chi connectivity index (χ3v) is 3.99. The van der Waals surface area contributed by atoms with Gasteiger partial charge in [0.15, 0.2) is 0 Å². The first-order valence-corrected chi connectivity index (χ1v) is 6.40. The van der Waals surface area contributed by atoms with E-state index in [1.165, 1.54) is 11.8 Å². The van der Waals surface area contributed by atoms with E-state index in [1.807, 2.05) is 6.07 Å². The molecule has 1 saturated heterocycles. The second kappa shape index (κ2) is 5.41. The summed E-state index contributed by atoms with van der Waals surface area (Å²) in [4.78, 5) is 22.5. The summed E-state index contributed by atoms with van der Waals surface area (Å²) in [7, 11) is 0. The van der Waals surface area contributed by atoms with Gasteiger partial charge in [-0.15, -0.1) is 11.8 Å². The van der Waals surface area contributed by atoms with Crippen LogP contribution in [0.15, 0.2) is 29.2 Å². The highest BCUT2D eigenvalue weighted by molar-refractivity contribution is 8.00. The van der Waals surface area contributed by atoms with Crippen molar-refractivity contribution in [2.75, 3.05) is 6.54 Å². The molecule has 0 bridgehead atoms. The molecule has 18 heavy (non-hydrogen) atoms. The van der Waals surface area contributed by atoms with E-state index in [0.29, 0.717) is 13.0 Å². The molecular formula is C12H13NO4S. The van der Waals surface area contributed by atoms with Crippen molar-refractivity contribution in [3.63, 3.8) is 0 Å². The quantitative estimate of drug-likeness (QED) is 0.762. The Kier molecular flexibility index (Phi) is 3.88. The first-order valence-electron chi connectivity index (χ1n) is 5.52. The molecule has 1 heterocycles. The van der Waals surface area contributed by atoms with Crippen LogP contribution < -0.4 is 5.32 Å². The molecule has 1 aliphatic rings. The van der Waals surface area contributed by atoms with E-state index in [-0.39, 0.29) is 10.8 Å². The predicted molar refractivity (Wildman–Crippen MR) is 67.1 cm³/mol. The molecule has 96 valence electrons. The lowest BCUT2D eigenvalue weighted by atomic mass is 10.2. The summed E-state index contributed by atoms with van der Waals surface area (Å²) in [5, 5.41) is 20.8. The van der Waals surface area contributed by atoms with Crippen molar-refractivity contribution in [3.05, 3.63) is 29.8 Å². The van der Waals surface area contributed by atoms with Gasteiger partial charge in [0.05, 0.1) is 5.56 Å². The second-order valence-corrected chi connectivity index (χ2v) is 5.48. The fourth-order valence-electron chi connectivity index (χ4n) is 1.88. The predicted octanol–water partition coefficient (Wildman–Crippen LogP) is 1.29. The Morgan fingerprint density at radius 2 is 2.11 bits per heavy atom. The summed E-state index contributed by atoms with van der Waals surface area (Å²) < 4.78 is 0. The molecule has 0 unspecified atom stereocenters. The molecule has 2 rings (SSSR count). The molecule has 1 fully saturated rings. The van der Waals surface area contributed by atoms with Gasteiger partial charge in [-0.3, -0.25) is 4.79 Å². The van der Waals surface area contributed by atoms with Crippen LogP contribution in [0.4, 0.5) is 0 Å². The zero-order valence-electron chi connectivity index (χ0n) is 9.50. The van der Waals surface area contributed by atoms with Crippen LogP contribution in [-0.4, -0.2) is 40.0 Å². The molecule has 1 aromatic rings. The van der Waals surface area contributed by atoms with Crippen molar-refractivity contribution in [1.82, 2.24) is 5.32 Å². The van der Waals surface area contributed by atoms with E-state index in [4.69, 9.17) is 10.2 Å². The lowest BCUT2D eigenvalue weighted by Crippen LogP contribution is -2.29. The maximum absolute atomic E-state index is 10.8. The number of benzene rings is 1. The molecule has 6 heteroatoms. The number of thioether (sulfide) groups is 1. The number of nitrogens with one attached hydrogen (secondary N) is 1. The summed E-state index contributed by atoms with van der Waals surface area (Å²) in [6.07, 6.45) is 0.553. The van der Waals surface area contributed by atoms with Gasteiger partial charge in [0.1, 0.15) is 6.04 Å². The summed E-state index contributed by atoms with van der Waals surface area (Å²) in [5.74, 6) is -1.79. The van der Waals surface area contributed by atoms with Crippen LogP contribution in [0.3, 0.4) is 0 Å². The first kappa shape index (κ1) is 12.9. The molecule has 0 saturated carbocycles. The minimum atomic E-state index is -0.953. The summed E-state index contributed by atoms with van der Waals surface area (Å²) in [6.45, 7) is 0.624. The van der Waals surface area contributed by atoms with Gasteiger partial charge in [-0.2, -0.15) is 0 Å². The molecule has 1 aliphatic heterocycles. The van der Waals surface area contributed by atoms with Crippen LogP contribution in [0.2, 0.25) is 0 Å². The van der Waals surface area contributed by atoms with Crippen molar-refractivity contribution < 1.29 is 19.8 Å². The molecular weight excluding hydrogens is 254 g/mol. The average Bonchev–Trinajstić information content (AvgIpc) is 2.78. The lowest BCUT2D eigenvalue weighted by molar-refractivity contribution is -0.139. The van der Waals surface area contributed by atoms with Crippen LogP contribution in [0.1, 0.15) is 16.8 Å². The molecule has 0 spiro atoms. The van der Waals surface area contributed by atoms with Gasteiger partial charge in [0, 0.05) is 16.7 Å². The van der Waals surface area contributed by atoms with Crippen LogP contribution in [0.25, 0.3) is 0 Å². The standard InChI is InChI=1S/C12H13NO4S/c14-11(15)7-2-1-3-8(4-7)18-9-5-10(12(16)17)13-6-9/h1-4,9-10,13H,5-6H2,(H,14,15)(H,16,17)/t9-,10-/m0/s1. The van der Waals surface area contributed by atoms with Gasteiger partial charge in [-0.05, 0) is 24.6 Å². The van der Waals surface area contributed by atoms with E-state index in [0.717, 1.165) is 4.90 Å². The van der Waals surface area contributed by atoms with Crippen molar-refractivity contribution in [2.45, 2.75) is 22.6 Å². The molecule has 0 aliphatic carbocycles. The van der Waals surface area contributed by atoms with E-state index >= 15 is 0 Å². The second-order valence-electron chi connectivity index (χ2n) is 4.11. The Morgan fingerprint density at radius 3 is 2.72 bits per heavy atom. The maximum atomic E-state index is 10.8. The van der Waals surface area contributed by atoms with Crippen molar-refractivity contribution in [3.8, 4) is 0 Å². The number of rotatable bonds is 4. The number of hydrogen-bond acceptors (Lipinski definition) is 4. The molecule has 2 atom stereocenters. The Labute approximate surface area is 108 Å². The van der Waals surface area contributed by atoms with Gasteiger partial charge in [-0.1, -0.05) is 6.07 Å². The van der Waals surface area contributed by atoms with Gasteiger partial charge >= 0.3 is 11.9 Å². The smallest absolute Gasteiger partial charge is 0.335 e. The number of carboxylic acids is 2. The zero-order chi connectivity index (χ0) is 13.1. The Hall–Kier alpha value is -1.53. The van der Waals surface area contributed by atoms with Crippen LogP contribution in [0, 0.1) is 0 Å². The molecule has 3 N–H and O–H groups in total. The Balaban J connectivity index is 2.00. The van der Waals surface area contributed by atoms with Gasteiger partial charge in [0.2, 0.25) is 0 Å². The minimum absolute atomic E-state index is 0.162. The third kappa shape index (κ3) is 3.02. The highest BCUT2D eigenvalue weighted by Crippen LogP contribution is 2.29. The number of aliphatic carboxylic acids is 1. The largest absolute Gasteiger partial charge is 0.480 e. The highest BCUT2D eigenvalue weighted by atomic mass is 32.2. The minimum Gasteiger partial charge on any atom is -0.480 e. The number of carbonyl (C=O) groups is 2. The van der Waals surface area contributed by atoms with E-state index in [1.54, 1.807) is 18.2 Å². The van der Waals surface area contributed by atoms with Crippen molar-refractivity contribution >= 4 is 23.7 Å². The SMILES string of the molecule is O=C(O)c1cccc(S[C@@H]2CN[C@H](C(=O)O)C2)c1. The summed E-state index contributed by atoms with van der Waals surface area (Å²) in [5.41, 5.74) is 0.251. The molecule has 1 aromatic carbocycles. The normalized spacial score (nSPS) is 22.9. The van der Waals surface area contributed by atoms with Gasteiger partial charge < -0.3 is 15.5 Å². The molecule has 0 radical (unpaired) electrons. The number of carboxylic acid groups (broad SMARTS) is 2. The van der Waals surface area contributed by atoms with Gasteiger partial charge in [0.25, 0.3) is 0 Å². The summed E-state index contributed by atoms with van der Waals surface area (Å²) in [6, 6.07) is 6.19. The Bertz CT molecular complexity index is 477. The monoisotopic (exact) mass is 267 g/mol. The molecule has 5 nitrogen and oxygen atoms in total. The van der Waals surface area contributed by atoms with Crippen LogP contribution in [0.5, 0.6) is 0 Å². The highest BCUT2D eigenvalue weighted by Gasteiger charge is 2.29. The third-order valence-electron chi connectivity index (χ3n) is 2.77. The molecule has 0 amide bonds. The fraction of sp³-hybridized carbons (Fsp3) is 0.333. The van der Waals surface area contributed by atoms with Crippen molar-refractivity contribution in [1.29, 1.82) is 0 Å². The maximum Gasteiger partial charge on any atom is 0.335 e. The average molecular weight is 267 g/mol. The van der Waals surface area contributed by atoms with E-state index in [9.17, 15) is 9.59 Å². The first-order chi connectivity index (χ1) is 8.56. The van der Waals surface area contributed by atoms with Crippen LogP contribution in [-0.2, 0) is 4.79 Å². The van der Waals surface area contributed by atoms with Gasteiger partial charge in [-0.25, -0.2) is 4.79 Å². The fourth-order valence-corrected chi connectivity index (χ4v) is 3.08. The lowest BCUT2D eigenvalue weighted by Gasteiger charge is -2.08. The summed E-state index contributed by atoms with van der Waals surface area (Å²) >= 11 is 1.51. The van der Waals surface area contributed by atoms with E-state index < -0.39 is 18.0 Å². The topological polar surface area (TPSA) is 86.6 Å². The number of aromatic carboxylic acids is 1. The Morgan fingerprint density at radius 1 is 1.33 bits per heavy atom. The zero-order valence-corrected chi connectivity index (χ0v) is 10.3. The van der Waals surface area contributed by atoms with Crippen LogP contribution >= 0.6 is 11.8 Å². The molecule has 0 aromatic heterocycles. The number of hydrogen-bond donors (Lipinski definition) is 3. The van der Waals surface area contributed by atoms with Crippen molar-refractivity contribution in [2.24, 2.45) is 0 Å².